The van der Waals surface area contributed by atoms with Crippen molar-refractivity contribution < 1.29 is 19.6 Å². The minimum absolute atomic E-state index is 0.0522. The lowest BCUT2D eigenvalue weighted by Crippen LogP contribution is -2.92. The van der Waals surface area contributed by atoms with E-state index in [9.17, 15) is 4.79 Å². The zero-order valence-electron chi connectivity index (χ0n) is 16.5. The van der Waals surface area contributed by atoms with E-state index in [2.05, 4.69) is 47.3 Å². The third-order valence-electron chi connectivity index (χ3n) is 3.18. The van der Waals surface area contributed by atoms with Crippen LogP contribution in [0.2, 0.25) is 0 Å². The average molecular weight is 416 g/mol. The van der Waals surface area contributed by atoms with Crippen molar-refractivity contribution in [2.24, 2.45) is 0 Å². The van der Waals surface area contributed by atoms with E-state index in [1.807, 2.05) is 39.8 Å². The highest BCUT2D eigenvalue weighted by Gasteiger charge is 2.19. The third-order valence-corrected chi connectivity index (χ3v) is 3.77. The Kier molecular flexibility index (Phi) is 7.75. The largest absolute Gasteiger partial charge is 0.490 e. The fourth-order valence-corrected chi connectivity index (χ4v) is 2.76. The van der Waals surface area contributed by atoms with Crippen molar-refractivity contribution in [1.82, 2.24) is 5.32 Å². The van der Waals surface area contributed by atoms with Crippen LogP contribution in [0.25, 0.3) is 0 Å². The summed E-state index contributed by atoms with van der Waals surface area (Å²) < 4.78 is 12.2. The SMILES string of the molecule is CCOc1cc(C[NH2+]C(C)(C)C)cc(Br)c1OCC(=O)NC(C)(C)C. The molecule has 0 aromatic heterocycles. The van der Waals surface area contributed by atoms with Crippen molar-refractivity contribution >= 4 is 21.8 Å². The van der Waals surface area contributed by atoms with Gasteiger partial charge in [-0.1, -0.05) is 0 Å². The normalized spacial score (nSPS) is 12.0. The number of hydrogen-bond donors (Lipinski definition) is 2. The molecular weight excluding hydrogens is 384 g/mol. The van der Waals surface area contributed by atoms with Crippen LogP contribution in [0.1, 0.15) is 54.0 Å². The molecule has 6 heteroatoms. The molecule has 1 amide bonds. The highest BCUT2D eigenvalue weighted by atomic mass is 79.9. The van der Waals surface area contributed by atoms with E-state index in [1.54, 1.807) is 0 Å². The van der Waals surface area contributed by atoms with Gasteiger partial charge in [0.05, 0.1) is 16.6 Å². The second-order valence-corrected chi connectivity index (χ2v) is 9.05. The van der Waals surface area contributed by atoms with Crippen molar-refractivity contribution in [2.75, 3.05) is 13.2 Å². The number of ether oxygens (including phenoxy) is 2. The monoisotopic (exact) mass is 415 g/mol. The molecule has 142 valence electrons. The molecule has 0 saturated carbocycles. The molecule has 0 heterocycles. The molecular formula is C19H32BrN2O3+. The zero-order valence-corrected chi connectivity index (χ0v) is 18.0. The molecule has 1 aromatic carbocycles. The van der Waals surface area contributed by atoms with E-state index < -0.39 is 0 Å². The summed E-state index contributed by atoms with van der Waals surface area (Å²) in [6.45, 7) is 15.6. The minimum Gasteiger partial charge on any atom is -0.490 e. The van der Waals surface area contributed by atoms with Crippen LogP contribution in [0.4, 0.5) is 0 Å². The van der Waals surface area contributed by atoms with Gasteiger partial charge in [0.25, 0.3) is 5.91 Å². The summed E-state index contributed by atoms with van der Waals surface area (Å²) in [5.74, 6) is 1.05. The molecule has 0 aliphatic heterocycles. The summed E-state index contributed by atoms with van der Waals surface area (Å²) in [7, 11) is 0. The number of nitrogens with two attached hydrogens (primary N) is 1. The second kappa shape index (κ2) is 8.90. The van der Waals surface area contributed by atoms with Crippen LogP contribution >= 0.6 is 15.9 Å². The van der Waals surface area contributed by atoms with E-state index in [0.717, 1.165) is 16.6 Å². The molecule has 0 bridgehead atoms. The number of hydrogen-bond acceptors (Lipinski definition) is 3. The third kappa shape index (κ3) is 8.59. The van der Waals surface area contributed by atoms with Crippen molar-refractivity contribution in [1.29, 1.82) is 0 Å². The fraction of sp³-hybridized carbons (Fsp3) is 0.632. The van der Waals surface area contributed by atoms with Gasteiger partial charge in [-0.2, -0.15) is 0 Å². The molecule has 0 spiro atoms. The van der Waals surface area contributed by atoms with Gasteiger partial charge in [0.1, 0.15) is 6.54 Å². The number of nitrogens with one attached hydrogen (secondary N) is 1. The molecule has 5 nitrogen and oxygen atoms in total. The lowest BCUT2D eigenvalue weighted by atomic mass is 10.1. The van der Waals surface area contributed by atoms with Gasteiger partial charge < -0.3 is 20.1 Å². The molecule has 0 saturated heterocycles. The first-order valence-electron chi connectivity index (χ1n) is 8.64. The predicted octanol–water partition coefficient (Wildman–Crippen LogP) is 3.00. The van der Waals surface area contributed by atoms with Gasteiger partial charge in [-0.05, 0) is 76.5 Å². The first-order valence-corrected chi connectivity index (χ1v) is 9.44. The van der Waals surface area contributed by atoms with Gasteiger partial charge in [0.15, 0.2) is 18.1 Å². The number of carbonyl (C=O) groups excluding carboxylic acids is 1. The molecule has 0 radical (unpaired) electrons. The van der Waals surface area contributed by atoms with Gasteiger partial charge in [0.2, 0.25) is 0 Å². The summed E-state index contributed by atoms with van der Waals surface area (Å²) in [5.41, 5.74) is 1.00. The minimum atomic E-state index is -0.285. The van der Waals surface area contributed by atoms with Crippen molar-refractivity contribution in [3.8, 4) is 11.5 Å². The first kappa shape index (κ1) is 21.8. The van der Waals surface area contributed by atoms with Crippen LogP contribution in [0.3, 0.4) is 0 Å². The Morgan fingerprint density at radius 1 is 1.16 bits per heavy atom. The maximum atomic E-state index is 12.0. The smallest absolute Gasteiger partial charge is 0.258 e. The van der Waals surface area contributed by atoms with Crippen LogP contribution in [-0.2, 0) is 11.3 Å². The molecule has 1 aromatic rings. The Balaban J connectivity index is 2.89. The summed E-state index contributed by atoms with van der Waals surface area (Å²) >= 11 is 3.55. The lowest BCUT2D eigenvalue weighted by Gasteiger charge is -2.21. The summed E-state index contributed by atoms with van der Waals surface area (Å²) in [5, 5.41) is 5.15. The number of rotatable bonds is 7. The van der Waals surface area contributed by atoms with Gasteiger partial charge in [-0.3, -0.25) is 4.79 Å². The van der Waals surface area contributed by atoms with Crippen LogP contribution in [-0.4, -0.2) is 30.2 Å². The predicted molar refractivity (Wildman–Crippen MR) is 104 cm³/mol. The van der Waals surface area contributed by atoms with E-state index >= 15 is 0 Å². The Morgan fingerprint density at radius 3 is 2.32 bits per heavy atom. The maximum absolute atomic E-state index is 12.0. The molecule has 0 aliphatic rings. The maximum Gasteiger partial charge on any atom is 0.258 e. The summed E-state index contributed by atoms with van der Waals surface area (Å²) in [4.78, 5) is 12.0. The Labute approximate surface area is 160 Å². The number of benzene rings is 1. The van der Waals surface area contributed by atoms with Crippen LogP contribution in [0, 0.1) is 0 Å². The van der Waals surface area contributed by atoms with Gasteiger partial charge in [-0.25, -0.2) is 0 Å². The summed E-state index contributed by atoms with van der Waals surface area (Å²) in [6.07, 6.45) is 0. The number of quaternary nitrogens is 1. The Bertz CT molecular complexity index is 590. The Hall–Kier alpha value is -1.27. The first-order chi connectivity index (χ1) is 11.4. The molecule has 0 fully saturated rings. The number of carbonyl (C=O) groups is 1. The van der Waals surface area contributed by atoms with Gasteiger partial charge in [-0.15, -0.1) is 0 Å². The molecule has 1 rings (SSSR count). The van der Waals surface area contributed by atoms with Gasteiger partial charge in [0, 0.05) is 11.1 Å². The van der Waals surface area contributed by atoms with Crippen LogP contribution in [0.15, 0.2) is 16.6 Å². The number of halogens is 1. The van der Waals surface area contributed by atoms with Crippen LogP contribution < -0.4 is 20.1 Å². The molecule has 0 atom stereocenters. The van der Waals surface area contributed by atoms with Crippen molar-refractivity contribution in [3.63, 3.8) is 0 Å². The van der Waals surface area contributed by atoms with E-state index in [4.69, 9.17) is 9.47 Å². The summed E-state index contributed by atoms with van der Waals surface area (Å²) in [6, 6.07) is 4.00. The highest BCUT2D eigenvalue weighted by molar-refractivity contribution is 9.10. The van der Waals surface area contributed by atoms with Crippen molar-refractivity contribution in [3.05, 3.63) is 22.2 Å². The highest BCUT2D eigenvalue weighted by Crippen LogP contribution is 2.36. The van der Waals surface area contributed by atoms with E-state index in [0.29, 0.717) is 18.1 Å². The molecule has 0 aliphatic carbocycles. The number of amides is 1. The second-order valence-electron chi connectivity index (χ2n) is 8.20. The van der Waals surface area contributed by atoms with Crippen molar-refractivity contribution in [2.45, 2.75) is 66.1 Å². The van der Waals surface area contributed by atoms with Crippen LogP contribution in [0.5, 0.6) is 11.5 Å². The molecule has 0 unspecified atom stereocenters. The zero-order chi connectivity index (χ0) is 19.3. The fourth-order valence-electron chi connectivity index (χ4n) is 2.16. The van der Waals surface area contributed by atoms with Gasteiger partial charge >= 0.3 is 0 Å². The molecule has 3 N–H and O–H groups in total. The standard InChI is InChI=1S/C19H31BrN2O3/c1-8-24-15-10-13(11-21-18(2,3)4)9-14(20)17(15)25-12-16(23)22-19(5,6)7/h9-10,21H,8,11-12H2,1-7H3,(H,22,23)/p+1. The van der Waals surface area contributed by atoms with E-state index in [1.165, 1.54) is 0 Å². The van der Waals surface area contributed by atoms with E-state index in [-0.39, 0.29) is 23.6 Å². The Morgan fingerprint density at radius 2 is 1.80 bits per heavy atom. The lowest BCUT2D eigenvalue weighted by molar-refractivity contribution is -0.731. The quantitative estimate of drug-likeness (QED) is 0.719. The topological polar surface area (TPSA) is 64.2 Å². The average Bonchev–Trinajstić information content (AvgIpc) is 2.42. The molecule has 25 heavy (non-hydrogen) atoms.